The number of amides is 3. The van der Waals surface area contributed by atoms with Crippen molar-refractivity contribution in [3.63, 3.8) is 0 Å². The summed E-state index contributed by atoms with van der Waals surface area (Å²) < 4.78 is 6.63. The van der Waals surface area contributed by atoms with Gasteiger partial charge in [-0.2, -0.15) is 0 Å². The minimum atomic E-state index is -0.381. The first-order valence-electron chi connectivity index (χ1n) is 16.0. The highest BCUT2D eigenvalue weighted by atomic mass is 16.5. The van der Waals surface area contributed by atoms with E-state index in [1.807, 2.05) is 51.2 Å². The van der Waals surface area contributed by atoms with Crippen LogP contribution in [0.2, 0.25) is 0 Å². The van der Waals surface area contributed by atoms with Crippen LogP contribution < -0.4 is 21.1 Å². The number of aliphatic hydroxyl groups is 1. The molecule has 4 rings (SSSR count). The molecule has 3 amide bonds. The Kier molecular flexibility index (Phi) is 12.6. The highest BCUT2D eigenvalue weighted by Gasteiger charge is 2.34. The van der Waals surface area contributed by atoms with E-state index in [0.717, 1.165) is 6.54 Å². The summed E-state index contributed by atoms with van der Waals surface area (Å²) in [4.78, 5) is 43.0. The van der Waals surface area contributed by atoms with E-state index in [1.54, 1.807) is 35.2 Å². The molecule has 0 aliphatic carbocycles. The van der Waals surface area contributed by atoms with E-state index in [4.69, 9.17) is 10.5 Å². The summed E-state index contributed by atoms with van der Waals surface area (Å²) in [5.74, 6) is -0.263. The van der Waals surface area contributed by atoms with Crippen LogP contribution in [0.1, 0.15) is 61.9 Å². The zero-order valence-electron chi connectivity index (χ0n) is 27.1. The van der Waals surface area contributed by atoms with E-state index in [0.29, 0.717) is 67.1 Å². The van der Waals surface area contributed by atoms with Gasteiger partial charge in [-0.25, -0.2) is 0 Å². The standard InChI is InChI=1S/C36H47N5O5/c1-25-21-41(26(2)24-42)36(45)28-15-12-18-31(35(28)46-32(25)23-40(3)22-27-13-6-4-7-14-27)39-34(44)20-9-5-8-19-33(43)38-30-17-11-10-16-29(30)37/h4,6-7,10-18,25-26,32,42H,5,8-9,19-24,37H2,1-3H3,(H,38,43)(H,39,44)/t25-,26+,32-/m0/s1. The number of aliphatic hydroxyl groups excluding tert-OH is 1. The molecule has 3 aromatic carbocycles. The number of nitrogens with one attached hydrogen (secondary N) is 2. The van der Waals surface area contributed by atoms with Crippen LogP contribution in [0.25, 0.3) is 0 Å². The number of anilines is 3. The lowest BCUT2D eigenvalue weighted by molar-refractivity contribution is -0.116. The number of nitrogens with two attached hydrogens (primary N) is 1. The monoisotopic (exact) mass is 629 g/mol. The van der Waals surface area contributed by atoms with Crippen molar-refractivity contribution in [1.82, 2.24) is 9.80 Å². The fourth-order valence-electron chi connectivity index (χ4n) is 5.61. The van der Waals surface area contributed by atoms with Gasteiger partial charge in [-0.15, -0.1) is 0 Å². The van der Waals surface area contributed by atoms with Crippen molar-refractivity contribution >= 4 is 34.8 Å². The van der Waals surface area contributed by atoms with Gasteiger partial charge in [0.15, 0.2) is 5.75 Å². The molecule has 3 atom stereocenters. The Hall–Kier alpha value is -4.41. The predicted molar refractivity (Wildman–Crippen MR) is 182 cm³/mol. The summed E-state index contributed by atoms with van der Waals surface area (Å²) in [6, 6.07) is 22.1. The van der Waals surface area contributed by atoms with Gasteiger partial charge in [0.05, 0.1) is 35.3 Å². The Labute approximate surface area is 271 Å². The summed E-state index contributed by atoms with van der Waals surface area (Å²) in [7, 11) is 2.04. The van der Waals surface area contributed by atoms with Crippen LogP contribution in [-0.4, -0.2) is 71.5 Å². The molecule has 10 heteroatoms. The van der Waals surface area contributed by atoms with E-state index < -0.39 is 0 Å². The number of fused-ring (bicyclic) bond motifs is 1. The third kappa shape index (κ3) is 9.55. The molecule has 1 heterocycles. The molecule has 10 nitrogen and oxygen atoms in total. The molecule has 0 fully saturated rings. The molecule has 0 spiro atoms. The maximum Gasteiger partial charge on any atom is 0.258 e. The molecule has 1 aliphatic heterocycles. The van der Waals surface area contributed by atoms with E-state index >= 15 is 0 Å². The van der Waals surface area contributed by atoms with Crippen LogP contribution in [0, 0.1) is 5.92 Å². The van der Waals surface area contributed by atoms with Gasteiger partial charge in [0.1, 0.15) is 6.10 Å². The van der Waals surface area contributed by atoms with Crippen LogP contribution in [-0.2, 0) is 16.1 Å². The number of nitrogen functional groups attached to an aromatic ring is 1. The first kappa shape index (κ1) is 34.5. The molecular formula is C36H47N5O5. The summed E-state index contributed by atoms with van der Waals surface area (Å²) in [5.41, 5.74) is 8.99. The maximum absolute atomic E-state index is 13.7. The minimum absolute atomic E-state index is 0.0522. The zero-order chi connectivity index (χ0) is 33.1. The highest BCUT2D eigenvalue weighted by molar-refractivity contribution is 6.01. The van der Waals surface area contributed by atoms with Crippen molar-refractivity contribution in [2.45, 2.75) is 64.6 Å². The average molecular weight is 630 g/mol. The lowest BCUT2D eigenvalue weighted by atomic mass is 9.98. The molecule has 0 saturated heterocycles. The van der Waals surface area contributed by atoms with Crippen LogP contribution in [0.5, 0.6) is 5.75 Å². The number of ether oxygens (including phenoxy) is 1. The first-order chi connectivity index (χ1) is 22.2. The van der Waals surface area contributed by atoms with Crippen molar-refractivity contribution in [1.29, 1.82) is 0 Å². The normalized spacial score (nSPS) is 17.0. The van der Waals surface area contributed by atoms with Gasteiger partial charge in [-0.3, -0.25) is 19.3 Å². The third-order valence-electron chi connectivity index (χ3n) is 8.29. The van der Waals surface area contributed by atoms with Crippen molar-refractivity contribution in [3.8, 4) is 5.75 Å². The Bertz CT molecular complexity index is 1470. The van der Waals surface area contributed by atoms with Crippen molar-refractivity contribution in [2.75, 3.05) is 43.1 Å². The number of para-hydroxylation sites is 3. The highest BCUT2D eigenvalue weighted by Crippen LogP contribution is 2.35. The van der Waals surface area contributed by atoms with E-state index in [2.05, 4.69) is 27.7 Å². The first-order valence-corrected chi connectivity index (χ1v) is 16.0. The SMILES string of the molecule is C[C@H](CO)N1C[C@H](C)[C@H](CN(C)Cc2ccccc2)Oc2c(NC(=O)CCCCCC(=O)Nc3ccccc3N)cccc2C1=O. The molecule has 3 aromatic rings. The van der Waals surface area contributed by atoms with Crippen LogP contribution in [0.3, 0.4) is 0 Å². The second-order valence-corrected chi connectivity index (χ2v) is 12.2. The van der Waals surface area contributed by atoms with Gasteiger partial charge in [-0.1, -0.05) is 61.9 Å². The fraction of sp³-hybridized carbons (Fsp3) is 0.417. The largest absolute Gasteiger partial charge is 0.486 e. The number of carbonyl (C=O) groups is 3. The number of benzene rings is 3. The molecule has 5 N–H and O–H groups in total. The summed E-state index contributed by atoms with van der Waals surface area (Å²) in [5, 5.41) is 15.8. The smallest absolute Gasteiger partial charge is 0.258 e. The van der Waals surface area contributed by atoms with Gasteiger partial charge in [0.2, 0.25) is 11.8 Å². The van der Waals surface area contributed by atoms with Crippen molar-refractivity contribution in [2.24, 2.45) is 5.92 Å². The lowest BCUT2D eigenvalue weighted by Gasteiger charge is -2.38. The molecule has 0 saturated carbocycles. The number of nitrogens with zero attached hydrogens (tertiary/aromatic N) is 2. The van der Waals surface area contributed by atoms with E-state index in [-0.39, 0.29) is 48.8 Å². The molecule has 46 heavy (non-hydrogen) atoms. The molecule has 1 aliphatic rings. The van der Waals surface area contributed by atoms with E-state index in [9.17, 15) is 19.5 Å². The Morgan fingerprint density at radius 1 is 0.957 bits per heavy atom. The van der Waals surface area contributed by atoms with Gasteiger partial charge in [0, 0.05) is 38.4 Å². The average Bonchev–Trinajstić information content (AvgIpc) is 3.04. The number of rotatable bonds is 14. The Morgan fingerprint density at radius 2 is 1.59 bits per heavy atom. The van der Waals surface area contributed by atoms with Crippen LogP contribution >= 0.6 is 0 Å². The zero-order valence-corrected chi connectivity index (χ0v) is 27.1. The predicted octanol–water partition coefficient (Wildman–Crippen LogP) is 5.15. The molecule has 0 radical (unpaired) electrons. The second-order valence-electron chi connectivity index (χ2n) is 12.2. The van der Waals surface area contributed by atoms with E-state index in [1.165, 1.54) is 5.56 Å². The molecular weight excluding hydrogens is 582 g/mol. The van der Waals surface area contributed by atoms with Gasteiger partial charge in [0.25, 0.3) is 5.91 Å². The van der Waals surface area contributed by atoms with Crippen LogP contribution in [0.4, 0.5) is 17.1 Å². The number of hydrogen-bond donors (Lipinski definition) is 4. The summed E-state index contributed by atoms with van der Waals surface area (Å²) in [6.45, 7) is 5.47. The third-order valence-corrected chi connectivity index (χ3v) is 8.29. The van der Waals surface area contributed by atoms with Crippen molar-refractivity contribution < 1.29 is 24.2 Å². The molecule has 0 bridgehead atoms. The maximum atomic E-state index is 13.7. The Balaban J connectivity index is 1.41. The van der Waals surface area contributed by atoms with Gasteiger partial charge >= 0.3 is 0 Å². The van der Waals surface area contributed by atoms with Crippen molar-refractivity contribution in [3.05, 3.63) is 83.9 Å². The lowest BCUT2D eigenvalue weighted by Crippen LogP contribution is -2.49. The summed E-state index contributed by atoms with van der Waals surface area (Å²) >= 11 is 0. The van der Waals surface area contributed by atoms with Gasteiger partial charge in [-0.05, 0) is 56.6 Å². The second kappa shape index (κ2) is 16.8. The number of hydrogen-bond acceptors (Lipinski definition) is 7. The topological polar surface area (TPSA) is 137 Å². The van der Waals surface area contributed by atoms with Gasteiger partial charge < -0.3 is 31.1 Å². The summed E-state index contributed by atoms with van der Waals surface area (Å²) in [6.07, 6.45) is 2.25. The quantitative estimate of drug-likeness (QED) is 0.143. The molecule has 0 aromatic heterocycles. The minimum Gasteiger partial charge on any atom is -0.486 e. The van der Waals surface area contributed by atoms with Crippen LogP contribution in [0.15, 0.2) is 72.8 Å². The number of carbonyl (C=O) groups excluding carboxylic acids is 3. The number of likely N-dealkylation sites (N-methyl/N-ethyl adjacent to an activating group) is 1. The molecule has 246 valence electrons. The number of unbranched alkanes of at least 4 members (excludes halogenated alkanes) is 2. The molecule has 0 unspecified atom stereocenters. The fourth-order valence-corrected chi connectivity index (χ4v) is 5.61. The Morgan fingerprint density at radius 3 is 2.26 bits per heavy atom.